The van der Waals surface area contributed by atoms with Crippen LogP contribution < -0.4 is 0 Å². The van der Waals surface area contributed by atoms with Gasteiger partial charge in [-0.3, -0.25) is 9.59 Å². The Morgan fingerprint density at radius 2 is 1.93 bits per heavy atom. The zero-order valence-electron chi connectivity index (χ0n) is 7.87. The second-order valence-corrected chi connectivity index (χ2v) is 3.39. The maximum Gasteiger partial charge on any atom is 0.253 e. The zero-order valence-corrected chi connectivity index (χ0v) is 11.5. The summed E-state index contributed by atoms with van der Waals surface area (Å²) in [5.74, 6) is -0.104. The van der Waals surface area contributed by atoms with Crippen molar-refractivity contribution < 1.29 is 9.59 Å². The van der Waals surface area contributed by atoms with Gasteiger partial charge in [0.2, 0.25) is 0 Å². The average Bonchev–Trinajstić information content (AvgIpc) is 2.04. The molecule has 1 aromatic rings. The molecule has 0 fully saturated rings. The first-order valence-corrected chi connectivity index (χ1v) is 4.38. The predicted octanol–water partition coefficient (Wildman–Crippen LogP) is 2.18. The van der Waals surface area contributed by atoms with E-state index < -0.39 is 5.24 Å². The quantitative estimate of drug-likeness (QED) is 0.370. The van der Waals surface area contributed by atoms with Crippen LogP contribution in [0.4, 0.5) is 0 Å². The Morgan fingerprint density at radius 1 is 1.36 bits per heavy atom. The number of halogens is 1. The molecule has 0 N–H and O–H groups in total. The third-order valence-corrected chi connectivity index (χ3v) is 2.21. The third-order valence-electron chi connectivity index (χ3n) is 1.61. The largest absolute Gasteiger partial charge is 0.295 e. The normalized spacial score (nSPS) is 9.07. The number of carbonyl (C=O) groups excluding carboxylic acids is 2. The van der Waals surface area contributed by atoms with Crippen molar-refractivity contribution in [2.75, 3.05) is 0 Å². The molecule has 0 bridgehead atoms. The monoisotopic (exact) mass is 237 g/mol. The van der Waals surface area contributed by atoms with Gasteiger partial charge in [0.1, 0.15) is 0 Å². The topological polar surface area (TPSA) is 34.1 Å². The van der Waals surface area contributed by atoms with E-state index in [1.54, 1.807) is 12.1 Å². The summed E-state index contributed by atoms with van der Waals surface area (Å²) < 4.78 is 0. The van der Waals surface area contributed by atoms with Gasteiger partial charge in [-0.2, -0.15) is 0 Å². The van der Waals surface area contributed by atoms with E-state index in [1.165, 1.54) is 13.0 Å². The number of ketones is 1. The molecule has 0 heterocycles. The Hall–Kier alpha value is 0.200. The Bertz CT molecular complexity index is 379. The van der Waals surface area contributed by atoms with Crippen LogP contribution in [0.3, 0.4) is 0 Å². The molecule has 0 aliphatic rings. The smallest absolute Gasteiger partial charge is 0.253 e. The van der Waals surface area contributed by atoms with Crippen LogP contribution in [0, 0.1) is 0 Å². The van der Waals surface area contributed by atoms with Crippen molar-refractivity contribution in [2.45, 2.75) is 11.8 Å². The van der Waals surface area contributed by atoms with E-state index in [-0.39, 0.29) is 40.9 Å². The zero-order chi connectivity index (χ0) is 10.0. The Labute approximate surface area is 115 Å². The number of Topliss-reactive ketones (excluding diaryl/α,β-unsaturated/α-hetero) is 1. The Balaban J connectivity index is 0.00000169. The van der Waals surface area contributed by atoms with E-state index in [2.05, 4.69) is 12.6 Å². The summed E-state index contributed by atoms with van der Waals surface area (Å²) >= 11 is 9.32. The van der Waals surface area contributed by atoms with Crippen molar-refractivity contribution in [1.82, 2.24) is 0 Å². The predicted molar refractivity (Wildman–Crippen MR) is 59.6 cm³/mol. The van der Waals surface area contributed by atoms with Crippen LogP contribution in [0.5, 0.6) is 0 Å². The molecule has 1 radical (unpaired) electrons. The van der Waals surface area contributed by atoms with Gasteiger partial charge < -0.3 is 0 Å². The summed E-state index contributed by atoms with van der Waals surface area (Å²) in [6.07, 6.45) is 0. The molecule has 0 aliphatic heterocycles. The molecule has 0 unspecified atom stereocenters. The molecule has 0 atom stereocenters. The van der Waals surface area contributed by atoms with Crippen LogP contribution in [0.2, 0.25) is 0 Å². The van der Waals surface area contributed by atoms with Gasteiger partial charge in [0, 0.05) is 45.6 Å². The standard InChI is InChI=1S/C9H7ClO2S.Na/c1-5(11)6-2-3-8(13)7(4-6)9(10)12;/h2-4,13H,1H3;. The number of rotatable bonds is 2. The molecule has 1 aromatic carbocycles. The van der Waals surface area contributed by atoms with Crippen molar-refractivity contribution in [3.05, 3.63) is 29.3 Å². The van der Waals surface area contributed by atoms with Crippen LogP contribution in [0.25, 0.3) is 0 Å². The third kappa shape index (κ3) is 3.41. The summed E-state index contributed by atoms with van der Waals surface area (Å²) in [7, 11) is 0. The SMILES string of the molecule is CC(=O)c1ccc(S)c(C(=O)Cl)c1.[Na]. The number of hydrogen-bond donors (Lipinski definition) is 1. The summed E-state index contributed by atoms with van der Waals surface area (Å²) in [6, 6.07) is 4.63. The van der Waals surface area contributed by atoms with Gasteiger partial charge in [-0.1, -0.05) is 6.07 Å². The summed E-state index contributed by atoms with van der Waals surface area (Å²) in [6.45, 7) is 1.43. The van der Waals surface area contributed by atoms with Gasteiger partial charge >= 0.3 is 0 Å². The fourth-order valence-electron chi connectivity index (χ4n) is 0.912. The van der Waals surface area contributed by atoms with Gasteiger partial charge in [0.05, 0.1) is 0 Å². The van der Waals surface area contributed by atoms with Crippen molar-refractivity contribution >= 4 is 64.8 Å². The van der Waals surface area contributed by atoms with Crippen LogP contribution in [0.1, 0.15) is 27.6 Å². The van der Waals surface area contributed by atoms with E-state index in [0.29, 0.717) is 10.5 Å². The van der Waals surface area contributed by atoms with E-state index in [9.17, 15) is 9.59 Å². The Morgan fingerprint density at radius 3 is 2.36 bits per heavy atom. The molecule has 14 heavy (non-hydrogen) atoms. The molecule has 0 saturated carbocycles. The minimum atomic E-state index is -0.604. The first-order chi connectivity index (χ1) is 6.02. The molecule has 0 aliphatic carbocycles. The summed E-state index contributed by atoms with van der Waals surface area (Å²) in [5.41, 5.74) is 0.722. The number of thiol groups is 1. The number of hydrogen-bond acceptors (Lipinski definition) is 3. The van der Waals surface area contributed by atoms with Crippen LogP contribution in [-0.4, -0.2) is 40.6 Å². The van der Waals surface area contributed by atoms with Crippen molar-refractivity contribution in [2.24, 2.45) is 0 Å². The van der Waals surface area contributed by atoms with Crippen LogP contribution >= 0.6 is 24.2 Å². The number of carbonyl (C=O) groups is 2. The molecule has 5 heteroatoms. The van der Waals surface area contributed by atoms with Crippen molar-refractivity contribution in [1.29, 1.82) is 0 Å². The van der Waals surface area contributed by atoms with Gasteiger partial charge in [-0.15, -0.1) is 12.6 Å². The molecule has 0 spiro atoms. The maximum absolute atomic E-state index is 11.0. The molecule has 1 rings (SSSR count). The van der Waals surface area contributed by atoms with E-state index >= 15 is 0 Å². The second kappa shape index (κ2) is 5.93. The van der Waals surface area contributed by atoms with Crippen molar-refractivity contribution in [3.8, 4) is 0 Å². The first-order valence-electron chi connectivity index (χ1n) is 3.56. The minimum Gasteiger partial charge on any atom is -0.295 e. The Kier molecular flexibility index (Phi) is 6.02. The molecular formula is C9H7ClNaO2S. The van der Waals surface area contributed by atoms with Gasteiger partial charge in [0.25, 0.3) is 5.24 Å². The van der Waals surface area contributed by atoms with E-state index in [0.717, 1.165) is 0 Å². The molecule has 0 aromatic heterocycles. The molecule has 0 amide bonds. The van der Waals surface area contributed by atoms with E-state index in [4.69, 9.17) is 11.6 Å². The van der Waals surface area contributed by atoms with Crippen LogP contribution in [-0.2, 0) is 0 Å². The molecular weight excluding hydrogens is 231 g/mol. The van der Waals surface area contributed by atoms with Crippen LogP contribution in [0.15, 0.2) is 23.1 Å². The fraction of sp³-hybridized carbons (Fsp3) is 0.111. The van der Waals surface area contributed by atoms with Gasteiger partial charge in [-0.25, -0.2) is 0 Å². The van der Waals surface area contributed by atoms with Crippen molar-refractivity contribution in [3.63, 3.8) is 0 Å². The van der Waals surface area contributed by atoms with E-state index in [1.807, 2.05) is 0 Å². The van der Waals surface area contributed by atoms with Gasteiger partial charge in [0.15, 0.2) is 5.78 Å². The molecule has 69 valence electrons. The molecule has 0 saturated heterocycles. The molecule has 2 nitrogen and oxygen atoms in total. The first kappa shape index (κ1) is 14.2. The van der Waals surface area contributed by atoms with Gasteiger partial charge in [-0.05, 0) is 30.7 Å². The second-order valence-electron chi connectivity index (χ2n) is 2.56. The summed E-state index contributed by atoms with van der Waals surface area (Å²) in [4.78, 5) is 22.3. The maximum atomic E-state index is 11.0. The number of benzene rings is 1. The summed E-state index contributed by atoms with van der Waals surface area (Å²) in [5, 5.41) is -0.604. The minimum absolute atomic E-state index is 0. The fourth-order valence-corrected chi connectivity index (χ4v) is 1.38. The average molecular weight is 238 g/mol.